The summed E-state index contributed by atoms with van der Waals surface area (Å²) in [7, 11) is 1.77. The summed E-state index contributed by atoms with van der Waals surface area (Å²) in [5.74, 6) is 1.28. The summed E-state index contributed by atoms with van der Waals surface area (Å²) >= 11 is 0. The van der Waals surface area contributed by atoms with Gasteiger partial charge in [-0.3, -0.25) is 4.79 Å². The molecule has 0 unspecified atom stereocenters. The van der Waals surface area contributed by atoms with Crippen molar-refractivity contribution in [1.82, 2.24) is 4.90 Å². The highest BCUT2D eigenvalue weighted by Crippen LogP contribution is 2.32. The van der Waals surface area contributed by atoms with Crippen LogP contribution in [0.15, 0.2) is 18.2 Å². The third-order valence-electron chi connectivity index (χ3n) is 2.66. The van der Waals surface area contributed by atoms with Crippen LogP contribution in [-0.2, 0) is 0 Å². The van der Waals surface area contributed by atoms with Crippen molar-refractivity contribution in [3.8, 4) is 11.5 Å². The number of nitrogens with two attached hydrogens (primary N) is 1. The van der Waals surface area contributed by atoms with Crippen LogP contribution in [0.1, 0.15) is 16.8 Å². The van der Waals surface area contributed by atoms with Crippen LogP contribution in [0.25, 0.3) is 0 Å². The van der Waals surface area contributed by atoms with Crippen LogP contribution >= 0.6 is 0 Å². The molecule has 1 aliphatic rings. The number of carbonyl (C=O) groups excluding carboxylic acids is 1. The van der Waals surface area contributed by atoms with Gasteiger partial charge in [-0.25, -0.2) is 0 Å². The molecule has 0 saturated heterocycles. The largest absolute Gasteiger partial charge is 0.454 e. The Morgan fingerprint density at radius 3 is 2.94 bits per heavy atom. The minimum Gasteiger partial charge on any atom is -0.454 e. The van der Waals surface area contributed by atoms with Crippen molar-refractivity contribution in [2.45, 2.75) is 6.42 Å². The topological polar surface area (TPSA) is 64.8 Å². The Hall–Kier alpha value is -1.75. The second-order valence-corrected chi connectivity index (χ2v) is 3.94. The van der Waals surface area contributed by atoms with Gasteiger partial charge in [0.05, 0.1) is 0 Å². The zero-order chi connectivity index (χ0) is 12.3. The Kier molecular flexibility index (Phi) is 3.49. The molecule has 1 heterocycles. The van der Waals surface area contributed by atoms with E-state index in [0.717, 1.165) is 6.42 Å². The lowest BCUT2D eigenvalue weighted by atomic mass is 10.1. The number of rotatable bonds is 4. The molecule has 0 bridgehead atoms. The van der Waals surface area contributed by atoms with E-state index < -0.39 is 0 Å². The van der Waals surface area contributed by atoms with Gasteiger partial charge in [0.25, 0.3) is 5.91 Å². The van der Waals surface area contributed by atoms with Crippen LogP contribution in [0.4, 0.5) is 0 Å². The Balaban J connectivity index is 2.09. The van der Waals surface area contributed by atoms with Crippen molar-refractivity contribution in [1.29, 1.82) is 0 Å². The van der Waals surface area contributed by atoms with Gasteiger partial charge in [-0.1, -0.05) is 0 Å². The van der Waals surface area contributed by atoms with Crippen LogP contribution in [0.3, 0.4) is 0 Å². The zero-order valence-electron chi connectivity index (χ0n) is 9.81. The van der Waals surface area contributed by atoms with E-state index in [9.17, 15) is 4.79 Å². The molecule has 1 aromatic rings. The first-order chi connectivity index (χ1) is 8.22. The van der Waals surface area contributed by atoms with Crippen molar-refractivity contribution < 1.29 is 14.3 Å². The lowest BCUT2D eigenvalue weighted by Crippen LogP contribution is -2.28. The van der Waals surface area contributed by atoms with E-state index in [2.05, 4.69) is 0 Å². The maximum absolute atomic E-state index is 12.0. The van der Waals surface area contributed by atoms with Crippen LogP contribution in [0.5, 0.6) is 11.5 Å². The summed E-state index contributed by atoms with van der Waals surface area (Å²) < 4.78 is 10.4. The number of benzene rings is 1. The van der Waals surface area contributed by atoms with Gasteiger partial charge in [0.15, 0.2) is 11.5 Å². The molecule has 0 aromatic heterocycles. The number of carbonyl (C=O) groups is 1. The second-order valence-electron chi connectivity index (χ2n) is 3.94. The number of amides is 1. The summed E-state index contributed by atoms with van der Waals surface area (Å²) in [6, 6.07) is 5.21. The van der Waals surface area contributed by atoms with Crippen LogP contribution < -0.4 is 15.2 Å². The fourth-order valence-electron chi connectivity index (χ4n) is 1.68. The van der Waals surface area contributed by atoms with Crippen molar-refractivity contribution >= 4 is 5.91 Å². The van der Waals surface area contributed by atoms with E-state index in [1.54, 1.807) is 30.1 Å². The Morgan fingerprint density at radius 1 is 1.41 bits per heavy atom. The van der Waals surface area contributed by atoms with Gasteiger partial charge in [0, 0.05) is 19.2 Å². The molecular formula is C12H16N2O3. The predicted octanol–water partition coefficient (Wildman–Crippen LogP) is 0.836. The van der Waals surface area contributed by atoms with Gasteiger partial charge in [-0.05, 0) is 31.2 Å². The maximum atomic E-state index is 12.0. The van der Waals surface area contributed by atoms with E-state index in [-0.39, 0.29) is 12.7 Å². The first-order valence-electron chi connectivity index (χ1n) is 5.57. The Morgan fingerprint density at radius 2 is 2.18 bits per heavy atom. The summed E-state index contributed by atoms with van der Waals surface area (Å²) in [6.45, 7) is 1.46. The van der Waals surface area contributed by atoms with E-state index >= 15 is 0 Å². The summed E-state index contributed by atoms with van der Waals surface area (Å²) in [4.78, 5) is 13.7. The average molecular weight is 236 g/mol. The molecule has 17 heavy (non-hydrogen) atoms. The van der Waals surface area contributed by atoms with Gasteiger partial charge in [0.1, 0.15) is 0 Å². The number of fused-ring (bicyclic) bond motifs is 1. The summed E-state index contributed by atoms with van der Waals surface area (Å²) in [6.07, 6.45) is 0.798. The van der Waals surface area contributed by atoms with Crippen molar-refractivity contribution in [3.05, 3.63) is 23.8 Å². The Bertz CT molecular complexity index is 420. The first kappa shape index (κ1) is 11.7. The van der Waals surface area contributed by atoms with Crippen LogP contribution in [0, 0.1) is 0 Å². The molecule has 1 amide bonds. The average Bonchev–Trinajstić information content (AvgIpc) is 2.81. The fourth-order valence-corrected chi connectivity index (χ4v) is 1.68. The van der Waals surface area contributed by atoms with Crippen molar-refractivity contribution in [2.75, 3.05) is 26.9 Å². The van der Waals surface area contributed by atoms with Gasteiger partial charge < -0.3 is 20.1 Å². The van der Waals surface area contributed by atoms with Gasteiger partial charge in [-0.15, -0.1) is 0 Å². The number of nitrogens with zero attached hydrogens (tertiary/aromatic N) is 1. The molecule has 92 valence electrons. The molecule has 5 nitrogen and oxygen atoms in total. The Labute approximate surface area is 100 Å². The van der Waals surface area contributed by atoms with Crippen molar-refractivity contribution in [3.63, 3.8) is 0 Å². The van der Waals surface area contributed by atoms with Crippen LogP contribution in [-0.4, -0.2) is 37.7 Å². The molecule has 0 spiro atoms. The molecule has 0 aliphatic carbocycles. The molecule has 5 heteroatoms. The molecule has 2 rings (SSSR count). The van der Waals surface area contributed by atoms with Crippen molar-refractivity contribution in [2.24, 2.45) is 5.73 Å². The van der Waals surface area contributed by atoms with E-state index in [1.165, 1.54) is 0 Å². The molecule has 1 aromatic carbocycles. The zero-order valence-corrected chi connectivity index (χ0v) is 9.81. The standard InChI is InChI=1S/C12H16N2O3/c1-14(6-2-5-13)12(15)9-3-4-10-11(7-9)17-8-16-10/h3-4,7H,2,5-6,8,13H2,1H3. The predicted molar refractivity (Wildman–Crippen MR) is 63.2 cm³/mol. The van der Waals surface area contributed by atoms with E-state index in [1.807, 2.05) is 0 Å². The molecule has 0 saturated carbocycles. The number of ether oxygens (including phenoxy) is 2. The van der Waals surface area contributed by atoms with E-state index in [0.29, 0.717) is 30.2 Å². The van der Waals surface area contributed by atoms with E-state index in [4.69, 9.17) is 15.2 Å². The fraction of sp³-hybridized carbons (Fsp3) is 0.417. The SMILES string of the molecule is CN(CCCN)C(=O)c1ccc2c(c1)OCO2. The molecule has 0 atom stereocenters. The minimum atomic E-state index is -0.0308. The number of hydrogen-bond acceptors (Lipinski definition) is 4. The quantitative estimate of drug-likeness (QED) is 0.841. The molecule has 2 N–H and O–H groups in total. The highest BCUT2D eigenvalue weighted by Gasteiger charge is 2.17. The third-order valence-corrected chi connectivity index (χ3v) is 2.66. The maximum Gasteiger partial charge on any atom is 0.253 e. The number of hydrogen-bond donors (Lipinski definition) is 1. The highest BCUT2D eigenvalue weighted by molar-refractivity contribution is 5.94. The van der Waals surface area contributed by atoms with Gasteiger partial charge in [0.2, 0.25) is 6.79 Å². The lowest BCUT2D eigenvalue weighted by molar-refractivity contribution is 0.0794. The third kappa shape index (κ3) is 2.50. The summed E-state index contributed by atoms with van der Waals surface area (Å²) in [5, 5.41) is 0. The normalized spacial score (nSPS) is 12.6. The lowest BCUT2D eigenvalue weighted by Gasteiger charge is -2.16. The highest BCUT2D eigenvalue weighted by atomic mass is 16.7. The minimum absolute atomic E-state index is 0.0308. The monoisotopic (exact) mass is 236 g/mol. The smallest absolute Gasteiger partial charge is 0.253 e. The molecular weight excluding hydrogens is 220 g/mol. The molecule has 0 radical (unpaired) electrons. The molecule has 0 fully saturated rings. The van der Waals surface area contributed by atoms with Crippen LogP contribution in [0.2, 0.25) is 0 Å². The van der Waals surface area contributed by atoms with Gasteiger partial charge >= 0.3 is 0 Å². The summed E-state index contributed by atoms with van der Waals surface area (Å²) in [5.41, 5.74) is 6.02. The van der Waals surface area contributed by atoms with Gasteiger partial charge in [-0.2, -0.15) is 0 Å². The molecule has 1 aliphatic heterocycles. The second kappa shape index (κ2) is 5.05. The first-order valence-corrected chi connectivity index (χ1v) is 5.57.